The lowest BCUT2D eigenvalue weighted by atomic mass is 9.91. The molecule has 1 aliphatic carbocycles. The number of esters is 1. The Labute approximate surface area is 138 Å². The van der Waals surface area contributed by atoms with E-state index in [2.05, 4.69) is 18.2 Å². The van der Waals surface area contributed by atoms with Gasteiger partial charge in [-0.25, -0.2) is 4.79 Å². The Morgan fingerprint density at radius 3 is 3.04 bits per heavy atom. The van der Waals surface area contributed by atoms with Gasteiger partial charge in [-0.1, -0.05) is 12.1 Å². The fourth-order valence-corrected chi connectivity index (χ4v) is 3.50. The first-order valence-electron chi connectivity index (χ1n) is 7.39. The predicted octanol–water partition coefficient (Wildman–Crippen LogP) is 1.98. The molecule has 0 amide bonds. The van der Waals surface area contributed by atoms with Crippen LogP contribution < -0.4 is 5.73 Å². The number of rotatable bonds is 4. The Morgan fingerprint density at radius 1 is 1.43 bits per heavy atom. The minimum absolute atomic E-state index is 0.294. The summed E-state index contributed by atoms with van der Waals surface area (Å²) in [7, 11) is 1.33. The van der Waals surface area contributed by atoms with Gasteiger partial charge >= 0.3 is 5.97 Å². The van der Waals surface area contributed by atoms with Crippen molar-refractivity contribution in [2.45, 2.75) is 31.3 Å². The van der Waals surface area contributed by atoms with Crippen molar-refractivity contribution in [1.82, 2.24) is 0 Å². The lowest BCUT2D eigenvalue weighted by Crippen LogP contribution is -2.47. The Balaban J connectivity index is 1.69. The molecule has 3 atom stereocenters. The first kappa shape index (κ1) is 16.1. The molecular weight excluding hydrogens is 314 g/mol. The first-order valence-corrected chi connectivity index (χ1v) is 8.27. The number of hydrogen-bond donors (Lipinski definition) is 2. The van der Waals surface area contributed by atoms with Crippen LogP contribution in [0.2, 0.25) is 0 Å². The Morgan fingerprint density at radius 2 is 2.26 bits per heavy atom. The summed E-state index contributed by atoms with van der Waals surface area (Å²) >= 11 is 1.69. The highest BCUT2D eigenvalue weighted by molar-refractivity contribution is 7.17. The van der Waals surface area contributed by atoms with Gasteiger partial charge in [-0.05, 0) is 34.5 Å². The lowest BCUT2D eigenvalue weighted by molar-refractivity contribution is -0.137. The Bertz CT molecular complexity index is 739. The number of benzene rings is 1. The zero-order valence-electron chi connectivity index (χ0n) is 12.8. The van der Waals surface area contributed by atoms with E-state index < -0.39 is 24.2 Å². The normalized spacial score (nSPS) is 24.5. The zero-order chi connectivity index (χ0) is 16.4. The van der Waals surface area contributed by atoms with Crippen molar-refractivity contribution in [1.29, 1.82) is 0 Å². The van der Waals surface area contributed by atoms with E-state index in [1.54, 1.807) is 17.4 Å². The Hall–Kier alpha value is -1.73. The summed E-state index contributed by atoms with van der Waals surface area (Å²) < 4.78 is 11.8. The summed E-state index contributed by atoms with van der Waals surface area (Å²) in [5.41, 5.74) is 7.34. The molecule has 0 saturated heterocycles. The van der Waals surface area contributed by atoms with E-state index in [0.717, 1.165) is 5.56 Å². The maximum absolute atomic E-state index is 11.7. The van der Waals surface area contributed by atoms with Crippen molar-refractivity contribution in [3.8, 4) is 0 Å². The van der Waals surface area contributed by atoms with Crippen LogP contribution in [0.1, 0.15) is 12.0 Å². The van der Waals surface area contributed by atoms with Crippen molar-refractivity contribution in [2.24, 2.45) is 5.73 Å². The molecular formula is C17H19NO4S. The van der Waals surface area contributed by atoms with Crippen molar-refractivity contribution in [3.63, 3.8) is 0 Å². The number of hydrogen-bond acceptors (Lipinski definition) is 6. The van der Waals surface area contributed by atoms with E-state index in [4.69, 9.17) is 15.2 Å². The van der Waals surface area contributed by atoms with Crippen LogP contribution >= 0.6 is 11.3 Å². The van der Waals surface area contributed by atoms with Crippen LogP contribution in [0.3, 0.4) is 0 Å². The van der Waals surface area contributed by atoms with Gasteiger partial charge in [0.1, 0.15) is 0 Å². The van der Waals surface area contributed by atoms with Gasteiger partial charge in [-0.3, -0.25) is 0 Å². The van der Waals surface area contributed by atoms with Gasteiger partial charge in [0.15, 0.2) is 0 Å². The second-order valence-electron chi connectivity index (χ2n) is 5.60. The SMILES string of the molecule is COC(=O)C1=C[C@H](N)[C@@H](O)[C@H](OCc2ccc3sccc3c2)C1. The van der Waals surface area contributed by atoms with E-state index in [-0.39, 0.29) is 0 Å². The summed E-state index contributed by atoms with van der Waals surface area (Å²) in [6, 6.07) is 7.56. The molecule has 0 radical (unpaired) electrons. The molecule has 3 rings (SSSR count). The fourth-order valence-electron chi connectivity index (χ4n) is 2.73. The highest BCUT2D eigenvalue weighted by Gasteiger charge is 2.33. The number of ether oxygens (including phenoxy) is 2. The predicted molar refractivity (Wildman–Crippen MR) is 89.1 cm³/mol. The van der Waals surface area contributed by atoms with Crippen LogP contribution in [0.25, 0.3) is 10.1 Å². The van der Waals surface area contributed by atoms with Crippen LogP contribution in [-0.4, -0.2) is 36.4 Å². The van der Waals surface area contributed by atoms with Gasteiger partial charge in [-0.15, -0.1) is 11.3 Å². The van der Waals surface area contributed by atoms with Gasteiger partial charge < -0.3 is 20.3 Å². The smallest absolute Gasteiger partial charge is 0.333 e. The maximum atomic E-state index is 11.7. The third-order valence-corrected chi connectivity index (χ3v) is 4.92. The number of carbonyl (C=O) groups excluding carboxylic acids is 1. The zero-order valence-corrected chi connectivity index (χ0v) is 13.6. The third kappa shape index (κ3) is 3.45. The molecule has 5 nitrogen and oxygen atoms in total. The van der Waals surface area contributed by atoms with Crippen LogP contribution in [0.4, 0.5) is 0 Å². The molecule has 1 aromatic heterocycles. The number of fused-ring (bicyclic) bond motifs is 1. The number of aliphatic hydroxyl groups excluding tert-OH is 1. The number of nitrogens with two attached hydrogens (primary N) is 1. The number of carbonyl (C=O) groups is 1. The van der Waals surface area contributed by atoms with Crippen molar-refractivity contribution < 1.29 is 19.4 Å². The first-order chi connectivity index (χ1) is 11.1. The van der Waals surface area contributed by atoms with Crippen molar-refractivity contribution in [2.75, 3.05) is 7.11 Å². The van der Waals surface area contributed by atoms with Crippen molar-refractivity contribution >= 4 is 27.4 Å². The Kier molecular flexibility index (Phi) is 4.77. The summed E-state index contributed by atoms with van der Waals surface area (Å²) in [5.74, 6) is -0.430. The summed E-state index contributed by atoms with van der Waals surface area (Å²) in [6.07, 6.45) is 0.478. The molecule has 23 heavy (non-hydrogen) atoms. The topological polar surface area (TPSA) is 81.8 Å². The van der Waals surface area contributed by atoms with Gasteiger partial charge in [-0.2, -0.15) is 0 Å². The second kappa shape index (κ2) is 6.80. The number of methoxy groups -OCH3 is 1. The standard InChI is InChI=1S/C17H19NO4S/c1-21-17(20)12-7-13(18)16(19)14(8-12)22-9-10-2-3-15-11(6-10)4-5-23-15/h2-7,13-14,16,19H,8-9,18H2,1H3/t13-,14+,16+/m0/s1. The van der Waals surface area contributed by atoms with Crippen LogP contribution in [-0.2, 0) is 20.9 Å². The molecule has 0 spiro atoms. The highest BCUT2D eigenvalue weighted by atomic mass is 32.1. The van der Waals surface area contributed by atoms with Crippen molar-refractivity contribution in [3.05, 3.63) is 46.9 Å². The number of thiophene rings is 1. The third-order valence-electron chi connectivity index (χ3n) is 4.02. The average molecular weight is 333 g/mol. The highest BCUT2D eigenvalue weighted by Crippen LogP contribution is 2.25. The van der Waals surface area contributed by atoms with Crippen LogP contribution in [0, 0.1) is 0 Å². The quantitative estimate of drug-likeness (QED) is 0.836. The van der Waals surface area contributed by atoms with Gasteiger partial charge in [0.2, 0.25) is 0 Å². The molecule has 122 valence electrons. The van der Waals surface area contributed by atoms with E-state index >= 15 is 0 Å². The summed E-state index contributed by atoms with van der Waals surface area (Å²) in [6.45, 7) is 0.356. The monoisotopic (exact) mass is 333 g/mol. The molecule has 0 fully saturated rings. The van der Waals surface area contributed by atoms with E-state index in [0.29, 0.717) is 18.6 Å². The molecule has 1 aromatic carbocycles. The van der Waals surface area contributed by atoms with Gasteiger partial charge in [0.25, 0.3) is 0 Å². The molecule has 0 saturated carbocycles. The fraction of sp³-hybridized carbons (Fsp3) is 0.353. The molecule has 3 N–H and O–H groups in total. The maximum Gasteiger partial charge on any atom is 0.333 e. The van der Waals surface area contributed by atoms with Crippen LogP contribution in [0.5, 0.6) is 0 Å². The van der Waals surface area contributed by atoms with E-state index in [1.165, 1.54) is 17.2 Å². The lowest BCUT2D eigenvalue weighted by Gasteiger charge is -2.31. The minimum atomic E-state index is -0.840. The number of aliphatic hydroxyl groups is 1. The summed E-state index contributed by atoms with van der Waals surface area (Å²) in [4.78, 5) is 11.7. The molecule has 0 aliphatic heterocycles. The molecule has 2 aromatic rings. The average Bonchev–Trinajstić information content (AvgIpc) is 3.02. The van der Waals surface area contributed by atoms with E-state index in [1.807, 2.05) is 11.4 Å². The van der Waals surface area contributed by atoms with E-state index in [9.17, 15) is 9.90 Å². The molecule has 1 aliphatic rings. The molecule has 1 heterocycles. The van der Waals surface area contributed by atoms with Crippen LogP contribution in [0.15, 0.2) is 41.3 Å². The summed E-state index contributed by atoms with van der Waals surface area (Å²) in [5, 5.41) is 13.4. The van der Waals surface area contributed by atoms with Gasteiger partial charge in [0, 0.05) is 16.7 Å². The minimum Gasteiger partial charge on any atom is -0.466 e. The molecule has 6 heteroatoms. The molecule has 0 unspecified atom stereocenters. The largest absolute Gasteiger partial charge is 0.466 e. The van der Waals surface area contributed by atoms with Gasteiger partial charge in [0.05, 0.1) is 32.0 Å². The molecule has 0 bridgehead atoms. The second-order valence-corrected chi connectivity index (χ2v) is 6.55.